The molecule has 0 N–H and O–H groups in total. The van der Waals surface area contributed by atoms with Gasteiger partial charge < -0.3 is 14.3 Å². The second-order valence-corrected chi connectivity index (χ2v) is 4.87. The molecule has 0 aromatic heterocycles. The van der Waals surface area contributed by atoms with Crippen LogP contribution in [0.4, 0.5) is 0 Å². The Balaban J connectivity index is 1.92. The number of hydrogen-bond acceptors (Lipinski definition) is 4. The van der Waals surface area contributed by atoms with Crippen LogP contribution in [-0.2, 0) is 25.7 Å². The molecule has 1 aliphatic carbocycles. The number of hydrogen-bond donors (Lipinski definition) is 0. The summed E-state index contributed by atoms with van der Waals surface area (Å²) in [5.74, 6) is -1.45. The van der Waals surface area contributed by atoms with Crippen LogP contribution in [-0.4, -0.2) is 18.5 Å². The highest BCUT2D eigenvalue weighted by Gasteiger charge is 2.39. The summed E-state index contributed by atoms with van der Waals surface area (Å²) in [6.45, 7) is 0.202. The van der Waals surface area contributed by atoms with Gasteiger partial charge in [0.15, 0.2) is 0 Å². The van der Waals surface area contributed by atoms with E-state index in [1.54, 1.807) is 0 Å². The molecule has 1 saturated carbocycles. The fourth-order valence-corrected chi connectivity index (χ4v) is 2.48. The van der Waals surface area contributed by atoms with Gasteiger partial charge in [-0.25, -0.2) is 0 Å². The number of carbonyl (C=O) groups is 3. The van der Waals surface area contributed by atoms with Gasteiger partial charge in [-0.1, -0.05) is 30.3 Å². The molecule has 0 spiro atoms. The minimum Gasteiger partial charge on any atom is -0.461 e. The topological polar surface area (TPSA) is 60.4 Å². The lowest BCUT2D eigenvalue weighted by atomic mass is 9.98. The molecule has 1 aromatic rings. The second-order valence-electron chi connectivity index (χ2n) is 4.87. The van der Waals surface area contributed by atoms with E-state index in [0.29, 0.717) is 12.8 Å². The fourth-order valence-electron chi connectivity index (χ4n) is 2.48. The summed E-state index contributed by atoms with van der Waals surface area (Å²) in [6.07, 6.45) is 2.46. The number of carbonyl (C=O) groups excluding carboxylic acids is 3. The summed E-state index contributed by atoms with van der Waals surface area (Å²) in [5, 5.41) is 0. The molecule has 1 aliphatic rings. The lowest BCUT2D eigenvalue weighted by molar-refractivity contribution is -0.152. The van der Waals surface area contributed by atoms with Gasteiger partial charge in [-0.3, -0.25) is 4.79 Å². The maximum atomic E-state index is 12.0. The van der Waals surface area contributed by atoms with Crippen LogP contribution >= 0.6 is 0 Å². The third-order valence-electron chi connectivity index (χ3n) is 3.54. The van der Waals surface area contributed by atoms with Gasteiger partial charge in [0.05, 0.1) is 5.92 Å². The van der Waals surface area contributed by atoms with Gasteiger partial charge in [0.2, 0.25) is 0 Å². The third-order valence-corrected chi connectivity index (χ3v) is 3.54. The SMILES string of the molecule is O=C[C@@H]1C[C@@H](C=O)[C@@H](C(=O)OCc2ccccc2)C1. The van der Waals surface area contributed by atoms with Crippen LogP contribution in [0.1, 0.15) is 18.4 Å². The van der Waals surface area contributed by atoms with Crippen LogP contribution in [0.15, 0.2) is 30.3 Å². The van der Waals surface area contributed by atoms with E-state index in [-0.39, 0.29) is 18.5 Å². The van der Waals surface area contributed by atoms with Crippen LogP contribution in [0.3, 0.4) is 0 Å². The molecular formula is C15H16O4. The van der Waals surface area contributed by atoms with Gasteiger partial charge in [-0.05, 0) is 18.4 Å². The standard InChI is InChI=1S/C15H16O4/c16-8-12-6-13(9-17)14(7-12)15(18)19-10-11-4-2-1-3-5-11/h1-5,8-9,12-14H,6-7,10H2/t12-,13+,14+/m1/s1. The molecule has 100 valence electrons. The van der Waals surface area contributed by atoms with Crippen molar-refractivity contribution in [2.24, 2.45) is 17.8 Å². The Morgan fingerprint density at radius 3 is 2.53 bits per heavy atom. The zero-order valence-corrected chi connectivity index (χ0v) is 10.5. The summed E-state index contributed by atoms with van der Waals surface area (Å²) in [6, 6.07) is 9.37. The van der Waals surface area contributed by atoms with Gasteiger partial charge in [0.25, 0.3) is 0 Å². The van der Waals surface area contributed by atoms with E-state index in [0.717, 1.165) is 18.1 Å². The van der Waals surface area contributed by atoms with Crippen LogP contribution in [0, 0.1) is 17.8 Å². The lowest BCUT2D eigenvalue weighted by Crippen LogP contribution is -2.22. The molecule has 0 bridgehead atoms. The second kappa shape index (κ2) is 6.27. The maximum Gasteiger partial charge on any atom is 0.310 e. The minimum absolute atomic E-state index is 0.202. The summed E-state index contributed by atoms with van der Waals surface area (Å²) in [4.78, 5) is 33.6. The highest BCUT2D eigenvalue weighted by atomic mass is 16.5. The molecule has 19 heavy (non-hydrogen) atoms. The molecule has 2 rings (SSSR count). The Bertz CT molecular complexity index is 454. The fraction of sp³-hybridized carbons (Fsp3) is 0.400. The van der Waals surface area contributed by atoms with Crippen LogP contribution in [0.25, 0.3) is 0 Å². The summed E-state index contributed by atoms with van der Waals surface area (Å²) in [7, 11) is 0. The van der Waals surface area contributed by atoms with Gasteiger partial charge in [-0.15, -0.1) is 0 Å². The van der Waals surface area contributed by atoms with E-state index in [1.807, 2.05) is 30.3 Å². The monoisotopic (exact) mass is 260 g/mol. The van der Waals surface area contributed by atoms with Crippen molar-refractivity contribution in [1.82, 2.24) is 0 Å². The molecule has 1 aromatic carbocycles. The van der Waals surface area contributed by atoms with Crippen molar-refractivity contribution < 1.29 is 19.1 Å². The number of esters is 1. The number of ether oxygens (including phenoxy) is 1. The molecule has 0 heterocycles. The van der Waals surface area contributed by atoms with Crippen molar-refractivity contribution in [2.75, 3.05) is 0 Å². The molecule has 4 heteroatoms. The van der Waals surface area contributed by atoms with E-state index in [4.69, 9.17) is 4.74 Å². The average molecular weight is 260 g/mol. The van der Waals surface area contributed by atoms with E-state index in [9.17, 15) is 14.4 Å². The largest absolute Gasteiger partial charge is 0.461 e. The zero-order chi connectivity index (χ0) is 13.7. The third kappa shape index (κ3) is 3.28. The smallest absolute Gasteiger partial charge is 0.310 e. The Kier molecular flexibility index (Phi) is 4.44. The summed E-state index contributed by atoms with van der Waals surface area (Å²) >= 11 is 0. The minimum atomic E-state index is -0.476. The van der Waals surface area contributed by atoms with Crippen molar-refractivity contribution in [3.05, 3.63) is 35.9 Å². The van der Waals surface area contributed by atoms with Crippen LogP contribution in [0.2, 0.25) is 0 Å². The molecule has 0 unspecified atom stereocenters. The van der Waals surface area contributed by atoms with Gasteiger partial charge >= 0.3 is 5.97 Å². The first-order valence-corrected chi connectivity index (χ1v) is 6.35. The van der Waals surface area contributed by atoms with Crippen molar-refractivity contribution in [3.8, 4) is 0 Å². The number of aldehydes is 2. The van der Waals surface area contributed by atoms with E-state index in [2.05, 4.69) is 0 Å². The molecule has 0 amide bonds. The van der Waals surface area contributed by atoms with Gasteiger partial charge in [0, 0.05) is 11.8 Å². The molecule has 1 fully saturated rings. The molecule has 3 atom stereocenters. The van der Waals surface area contributed by atoms with Gasteiger partial charge in [0.1, 0.15) is 19.2 Å². The van der Waals surface area contributed by atoms with E-state index >= 15 is 0 Å². The molecular weight excluding hydrogens is 244 g/mol. The highest BCUT2D eigenvalue weighted by Crippen LogP contribution is 2.35. The quantitative estimate of drug-likeness (QED) is 0.598. The summed E-state index contributed by atoms with van der Waals surface area (Å²) < 4.78 is 5.22. The normalized spacial score (nSPS) is 25.8. The highest BCUT2D eigenvalue weighted by molar-refractivity contribution is 5.78. The average Bonchev–Trinajstić information content (AvgIpc) is 2.89. The zero-order valence-electron chi connectivity index (χ0n) is 10.5. The van der Waals surface area contributed by atoms with Gasteiger partial charge in [-0.2, -0.15) is 0 Å². The van der Waals surface area contributed by atoms with Crippen molar-refractivity contribution in [2.45, 2.75) is 19.4 Å². The Labute approximate surface area is 111 Å². The summed E-state index contributed by atoms with van der Waals surface area (Å²) in [5.41, 5.74) is 0.906. The molecule has 4 nitrogen and oxygen atoms in total. The van der Waals surface area contributed by atoms with Crippen molar-refractivity contribution >= 4 is 18.5 Å². The maximum absolute atomic E-state index is 12.0. The van der Waals surface area contributed by atoms with Crippen molar-refractivity contribution in [3.63, 3.8) is 0 Å². The number of benzene rings is 1. The Morgan fingerprint density at radius 1 is 1.16 bits per heavy atom. The first-order valence-electron chi connectivity index (χ1n) is 6.35. The molecule has 0 radical (unpaired) electrons. The predicted octanol–water partition coefficient (Wildman–Crippen LogP) is 1.77. The van der Waals surface area contributed by atoms with Crippen LogP contribution in [0.5, 0.6) is 0 Å². The van der Waals surface area contributed by atoms with Crippen molar-refractivity contribution in [1.29, 1.82) is 0 Å². The van der Waals surface area contributed by atoms with E-state index < -0.39 is 11.8 Å². The molecule has 0 saturated heterocycles. The Hall–Kier alpha value is -1.97. The lowest BCUT2D eigenvalue weighted by Gasteiger charge is -2.13. The predicted molar refractivity (Wildman–Crippen MR) is 68.1 cm³/mol. The first kappa shape index (κ1) is 13.5. The molecule has 0 aliphatic heterocycles. The first-order chi connectivity index (χ1) is 9.24. The Morgan fingerprint density at radius 2 is 1.89 bits per heavy atom. The van der Waals surface area contributed by atoms with E-state index in [1.165, 1.54) is 0 Å². The van der Waals surface area contributed by atoms with Crippen LogP contribution < -0.4 is 0 Å². The number of rotatable bonds is 5.